The summed E-state index contributed by atoms with van der Waals surface area (Å²) in [6.45, 7) is 16.4. The molecule has 0 amide bonds. The van der Waals surface area contributed by atoms with Gasteiger partial charge in [0.2, 0.25) is 0 Å². The van der Waals surface area contributed by atoms with E-state index in [1.807, 2.05) is 52.0 Å². The van der Waals surface area contributed by atoms with Crippen molar-refractivity contribution in [2.75, 3.05) is 13.7 Å². The van der Waals surface area contributed by atoms with Gasteiger partial charge in [-0.2, -0.15) is 0 Å². The Balaban J connectivity index is 1.68. The van der Waals surface area contributed by atoms with Crippen LogP contribution in [0.3, 0.4) is 0 Å². The first-order valence-corrected chi connectivity index (χ1v) is 17.5. The molecular weight excluding hydrogens is 644 g/mol. The van der Waals surface area contributed by atoms with Gasteiger partial charge in [-0.15, -0.1) is 0 Å². The second-order valence-electron chi connectivity index (χ2n) is 13.5. The highest BCUT2D eigenvalue weighted by atomic mass is 16.5. The number of aryl methyl sites for hydroxylation is 2. The molecule has 0 aromatic carbocycles. The number of hydrogen-bond donors (Lipinski definition) is 4. The summed E-state index contributed by atoms with van der Waals surface area (Å²) >= 11 is 0. The van der Waals surface area contributed by atoms with E-state index in [2.05, 4.69) is 30.4 Å². The Kier molecular flexibility index (Phi) is 9.79. The molecule has 3 atom stereocenters. The van der Waals surface area contributed by atoms with Gasteiger partial charge in [-0.1, -0.05) is 39.0 Å². The zero-order chi connectivity index (χ0) is 36.7. The number of aliphatic hydroxyl groups is 2. The smallest absolute Gasteiger partial charge is 0.321 e. The van der Waals surface area contributed by atoms with Crippen LogP contribution in [0.5, 0.6) is 0 Å². The number of esters is 2. The zero-order valence-electron chi connectivity index (χ0n) is 30.4. The van der Waals surface area contributed by atoms with Crippen molar-refractivity contribution in [2.45, 2.75) is 85.0 Å². The quantitative estimate of drug-likeness (QED) is 0.137. The SMILES string of the molecule is C=Cc1c(=CO)c2cc3nc(c4c5nc(cc6[nH]c(cc1[nH]2)c(C)c6CC)=C(C)C5=C(O)[C@@H]4C(=O)OC)[C@@H](CCC(=O)OC/C=C(\C)CC)[C@@H]3C. The Morgan fingerprint density at radius 1 is 1.06 bits per heavy atom. The van der Waals surface area contributed by atoms with E-state index in [0.717, 1.165) is 63.5 Å². The monoisotopic (exact) mass is 690 g/mol. The largest absolute Gasteiger partial charge is 0.515 e. The average molecular weight is 691 g/mol. The molecule has 3 aliphatic rings. The lowest BCUT2D eigenvalue weighted by molar-refractivity contribution is -0.143. The van der Waals surface area contributed by atoms with Crippen LogP contribution in [0.1, 0.15) is 111 Å². The summed E-state index contributed by atoms with van der Waals surface area (Å²) < 4.78 is 10.8. The number of fused-ring (bicyclic) bond motifs is 8. The topological polar surface area (TPSA) is 150 Å². The van der Waals surface area contributed by atoms with Crippen LogP contribution in [0.2, 0.25) is 0 Å². The number of carbonyl (C=O) groups is 2. The Bertz CT molecular complexity index is 2320. The van der Waals surface area contributed by atoms with Gasteiger partial charge in [0, 0.05) is 62.4 Å². The lowest BCUT2D eigenvalue weighted by Gasteiger charge is -2.19. The summed E-state index contributed by atoms with van der Waals surface area (Å²) in [4.78, 5) is 43.7. The molecule has 0 unspecified atom stereocenters. The third-order valence-electron chi connectivity index (χ3n) is 10.7. The van der Waals surface area contributed by atoms with Crippen molar-refractivity contribution < 1.29 is 29.3 Å². The first-order valence-electron chi connectivity index (χ1n) is 17.5. The maximum Gasteiger partial charge on any atom is 0.321 e. The minimum atomic E-state index is -1.13. The molecule has 51 heavy (non-hydrogen) atoms. The van der Waals surface area contributed by atoms with Gasteiger partial charge >= 0.3 is 11.9 Å². The van der Waals surface area contributed by atoms with Crippen molar-refractivity contribution in [2.24, 2.45) is 0 Å². The fourth-order valence-corrected chi connectivity index (χ4v) is 7.58. The van der Waals surface area contributed by atoms with Crippen LogP contribution in [0.4, 0.5) is 0 Å². The van der Waals surface area contributed by atoms with E-state index < -0.39 is 11.9 Å². The molecule has 0 fully saturated rings. The molecule has 2 aliphatic heterocycles. The van der Waals surface area contributed by atoms with E-state index in [1.54, 1.807) is 6.08 Å². The number of hydrogen-bond acceptors (Lipinski definition) is 8. The summed E-state index contributed by atoms with van der Waals surface area (Å²) in [7, 11) is 1.29. The molecule has 6 rings (SSSR count). The molecule has 8 bridgehead atoms. The van der Waals surface area contributed by atoms with Crippen molar-refractivity contribution >= 4 is 57.5 Å². The highest BCUT2D eigenvalue weighted by Gasteiger charge is 2.45. The molecule has 0 saturated carbocycles. The lowest BCUT2D eigenvalue weighted by Crippen LogP contribution is -2.18. The summed E-state index contributed by atoms with van der Waals surface area (Å²) in [6.07, 6.45) is 6.82. The van der Waals surface area contributed by atoms with Gasteiger partial charge in [0.05, 0.1) is 35.6 Å². The number of ether oxygens (including phenoxy) is 2. The lowest BCUT2D eigenvalue weighted by atomic mass is 9.84. The van der Waals surface area contributed by atoms with E-state index in [1.165, 1.54) is 7.11 Å². The first kappa shape index (κ1) is 35.4. The number of carbonyl (C=O) groups excluding carboxylic acids is 2. The van der Waals surface area contributed by atoms with E-state index >= 15 is 0 Å². The molecule has 0 spiro atoms. The van der Waals surface area contributed by atoms with Crippen molar-refractivity contribution in [1.82, 2.24) is 19.9 Å². The predicted molar refractivity (Wildman–Crippen MR) is 200 cm³/mol. The van der Waals surface area contributed by atoms with Crippen LogP contribution < -0.4 is 10.6 Å². The van der Waals surface area contributed by atoms with Crippen LogP contribution >= 0.6 is 0 Å². The molecule has 3 aromatic heterocycles. The Morgan fingerprint density at radius 2 is 1.80 bits per heavy atom. The molecule has 10 heteroatoms. The number of methoxy groups -OCH3 is 1. The molecule has 10 nitrogen and oxygen atoms in total. The number of nitrogens with zero attached hydrogens (tertiary/aromatic N) is 2. The highest BCUT2D eigenvalue weighted by molar-refractivity contribution is 6.06. The summed E-state index contributed by atoms with van der Waals surface area (Å²) in [5.74, 6) is -2.78. The molecule has 5 heterocycles. The van der Waals surface area contributed by atoms with Gasteiger partial charge in [0.15, 0.2) is 0 Å². The molecule has 266 valence electrons. The van der Waals surface area contributed by atoms with Gasteiger partial charge in [-0.25, -0.2) is 4.98 Å². The van der Waals surface area contributed by atoms with Gasteiger partial charge in [-0.3, -0.25) is 14.6 Å². The molecular formula is C41H46N4O6. The predicted octanol–water partition coefficient (Wildman–Crippen LogP) is 7.10. The molecule has 4 N–H and O–H groups in total. The van der Waals surface area contributed by atoms with Gasteiger partial charge in [0.25, 0.3) is 0 Å². The van der Waals surface area contributed by atoms with Crippen LogP contribution in [-0.2, 0) is 25.5 Å². The Morgan fingerprint density at radius 3 is 2.47 bits per heavy atom. The summed E-state index contributed by atoms with van der Waals surface area (Å²) in [5.41, 5.74) is 10.6. The maximum atomic E-state index is 13.5. The van der Waals surface area contributed by atoms with E-state index in [9.17, 15) is 19.8 Å². The fourth-order valence-electron chi connectivity index (χ4n) is 7.58. The standard InChI is InChI=1S/C41H46N4O6/c1-9-20(4)14-15-51-34(47)13-12-26-22(6)29-17-33-27(19-46)25(11-3)32(43-33)16-28-21(5)24(10-2)31(42-28)18-30-23(7)35-39(45-30)36(38(26)44-29)37(40(35)48)41(49)50-8/h11,14,16-19,22,26,37,42-43,46,48H,3,9-10,12-13,15H2,1-2,4-8H3/b20-14+,27-19?,28-16?,31-18?,33-17?,38-36?/t22-,26-,37+/m0/s1. The first-order chi connectivity index (χ1) is 24.5. The van der Waals surface area contributed by atoms with Crippen molar-refractivity contribution in [3.8, 4) is 0 Å². The normalized spacial score (nSPS) is 18.8. The maximum absolute atomic E-state index is 13.5. The molecule has 3 aromatic rings. The van der Waals surface area contributed by atoms with Crippen LogP contribution in [0, 0.1) is 6.92 Å². The number of allylic oxidation sites excluding steroid dienone is 2. The van der Waals surface area contributed by atoms with Gasteiger partial charge in [0.1, 0.15) is 18.3 Å². The number of aliphatic hydroxyl groups excluding tert-OH is 2. The van der Waals surface area contributed by atoms with Crippen molar-refractivity contribution in [1.29, 1.82) is 0 Å². The number of nitrogens with one attached hydrogen (secondary N) is 2. The zero-order valence-corrected chi connectivity index (χ0v) is 30.4. The third kappa shape index (κ3) is 6.06. The average Bonchev–Trinajstić information content (AvgIpc) is 3.87. The minimum absolute atomic E-state index is 0.123. The van der Waals surface area contributed by atoms with E-state index in [-0.39, 0.29) is 36.6 Å². The summed E-state index contributed by atoms with van der Waals surface area (Å²) in [5, 5.41) is 23.4. The molecule has 1 aliphatic carbocycles. The minimum Gasteiger partial charge on any atom is -0.515 e. The summed E-state index contributed by atoms with van der Waals surface area (Å²) in [6, 6.07) is 5.88. The Labute approximate surface area is 297 Å². The van der Waals surface area contributed by atoms with Crippen molar-refractivity contribution in [3.63, 3.8) is 0 Å². The number of aromatic nitrogens is 4. The Hall–Kier alpha value is -5.38. The van der Waals surface area contributed by atoms with E-state index in [4.69, 9.17) is 19.4 Å². The van der Waals surface area contributed by atoms with Gasteiger partial charge in [-0.05, 0) is 81.0 Å². The third-order valence-corrected chi connectivity index (χ3v) is 10.7. The number of rotatable bonds is 9. The highest BCUT2D eigenvalue weighted by Crippen LogP contribution is 2.50. The second kappa shape index (κ2) is 14.1. The van der Waals surface area contributed by atoms with Gasteiger partial charge < -0.3 is 29.7 Å². The van der Waals surface area contributed by atoms with Crippen LogP contribution in [0.15, 0.2) is 42.2 Å². The van der Waals surface area contributed by atoms with E-state index in [0.29, 0.717) is 50.7 Å². The fraction of sp³-hybridized carbons (Fsp3) is 0.366. The van der Waals surface area contributed by atoms with Crippen LogP contribution in [0.25, 0.3) is 45.6 Å². The number of H-pyrrole nitrogens is 2. The van der Waals surface area contributed by atoms with Crippen LogP contribution in [-0.4, -0.2) is 55.8 Å². The molecule has 0 radical (unpaired) electrons. The molecule has 0 saturated heterocycles. The van der Waals surface area contributed by atoms with Crippen molar-refractivity contribution in [3.05, 3.63) is 92.1 Å². The number of aromatic amines is 2. The second-order valence-corrected chi connectivity index (χ2v) is 13.5.